The predicted octanol–water partition coefficient (Wildman–Crippen LogP) is 3.16. The van der Waals surface area contributed by atoms with Gasteiger partial charge in [0, 0.05) is 12.1 Å². The fraction of sp³-hybridized carbons (Fsp3) is 0.278. The Morgan fingerprint density at radius 3 is 2.33 bits per heavy atom. The third kappa shape index (κ3) is 3.94. The molecule has 0 bridgehead atoms. The van der Waals surface area contributed by atoms with E-state index in [2.05, 4.69) is 10.0 Å². The van der Waals surface area contributed by atoms with Gasteiger partial charge in [0.15, 0.2) is 0 Å². The Kier molecular flexibility index (Phi) is 5.29. The topological polar surface area (TPSA) is 75.3 Å². The van der Waals surface area contributed by atoms with Crippen LogP contribution in [0, 0.1) is 20.8 Å². The van der Waals surface area contributed by atoms with Gasteiger partial charge in [-0.25, -0.2) is 8.42 Å². The molecule has 0 saturated carbocycles. The van der Waals surface area contributed by atoms with Crippen LogP contribution in [-0.2, 0) is 10.0 Å². The number of carbonyl (C=O) groups is 1. The van der Waals surface area contributed by atoms with Crippen LogP contribution >= 0.6 is 0 Å². The van der Waals surface area contributed by atoms with Crippen molar-refractivity contribution in [2.75, 3.05) is 11.3 Å². The molecule has 2 aromatic carbocycles. The summed E-state index contributed by atoms with van der Waals surface area (Å²) in [5.74, 6) is -0.291. The lowest BCUT2D eigenvalue weighted by Gasteiger charge is -2.14. The first-order chi connectivity index (χ1) is 11.2. The first-order valence-corrected chi connectivity index (χ1v) is 9.22. The van der Waals surface area contributed by atoms with Crippen LogP contribution in [0.1, 0.15) is 34.0 Å². The molecule has 128 valence electrons. The first kappa shape index (κ1) is 18.0. The minimum atomic E-state index is -3.78. The average Bonchev–Trinajstić information content (AvgIpc) is 2.51. The van der Waals surface area contributed by atoms with Crippen molar-refractivity contribution in [2.24, 2.45) is 0 Å². The Bertz CT molecular complexity index is 874. The van der Waals surface area contributed by atoms with E-state index in [9.17, 15) is 13.2 Å². The Balaban J connectivity index is 2.43. The highest BCUT2D eigenvalue weighted by atomic mass is 32.2. The molecule has 2 rings (SSSR count). The van der Waals surface area contributed by atoms with Crippen LogP contribution in [0.4, 0.5) is 5.69 Å². The van der Waals surface area contributed by atoms with Gasteiger partial charge >= 0.3 is 0 Å². The van der Waals surface area contributed by atoms with Gasteiger partial charge in [-0.2, -0.15) is 0 Å². The molecule has 0 aliphatic rings. The highest BCUT2D eigenvalue weighted by Gasteiger charge is 2.20. The number of nitrogens with one attached hydrogen (secondary N) is 2. The Morgan fingerprint density at radius 2 is 1.67 bits per heavy atom. The zero-order valence-electron chi connectivity index (χ0n) is 14.3. The van der Waals surface area contributed by atoms with E-state index >= 15 is 0 Å². The number of aryl methyl sites for hydroxylation is 3. The van der Waals surface area contributed by atoms with E-state index in [0.29, 0.717) is 23.4 Å². The number of amides is 1. The molecule has 0 unspecified atom stereocenters. The second kappa shape index (κ2) is 7.05. The summed E-state index contributed by atoms with van der Waals surface area (Å²) >= 11 is 0. The molecule has 2 aromatic rings. The van der Waals surface area contributed by atoms with E-state index in [4.69, 9.17) is 0 Å². The quantitative estimate of drug-likeness (QED) is 0.873. The first-order valence-electron chi connectivity index (χ1n) is 7.73. The molecule has 1 amide bonds. The molecule has 0 aliphatic heterocycles. The van der Waals surface area contributed by atoms with Gasteiger partial charge in [0.25, 0.3) is 15.9 Å². The van der Waals surface area contributed by atoms with Crippen LogP contribution in [0.15, 0.2) is 41.3 Å². The van der Waals surface area contributed by atoms with E-state index in [1.54, 1.807) is 25.1 Å². The molecular weight excluding hydrogens is 324 g/mol. The summed E-state index contributed by atoms with van der Waals surface area (Å²) in [5, 5.41) is 2.67. The predicted molar refractivity (Wildman–Crippen MR) is 95.9 cm³/mol. The van der Waals surface area contributed by atoms with E-state index in [0.717, 1.165) is 11.1 Å². The Hall–Kier alpha value is -2.34. The smallest absolute Gasteiger partial charge is 0.262 e. The number of rotatable bonds is 5. The van der Waals surface area contributed by atoms with Gasteiger partial charge in [0.05, 0.1) is 10.6 Å². The molecule has 0 spiro atoms. The third-order valence-electron chi connectivity index (χ3n) is 3.71. The highest BCUT2D eigenvalue weighted by Crippen LogP contribution is 2.23. The van der Waals surface area contributed by atoms with Gasteiger partial charge in [-0.15, -0.1) is 0 Å². The van der Waals surface area contributed by atoms with Crippen molar-refractivity contribution in [3.63, 3.8) is 0 Å². The summed E-state index contributed by atoms with van der Waals surface area (Å²) in [6.45, 7) is 7.74. The van der Waals surface area contributed by atoms with E-state index in [1.165, 1.54) is 6.07 Å². The van der Waals surface area contributed by atoms with Crippen molar-refractivity contribution < 1.29 is 13.2 Å². The van der Waals surface area contributed by atoms with Crippen molar-refractivity contribution >= 4 is 21.6 Å². The molecule has 6 heteroatoms. The zero-order valence-corrected chi connectivity index (χ0v) is 15.1. The van der Waals surface area contributed by atoms with Gasteiger partial charge in [-0.3, -0.25) is 9.52 Å². The van der Waals surface area contributed by atoms with Crippen LogP contribution < -0.4 is 10.0 Å². The molecule has 5 nitrogen and oxygen atoms in total. The molecular formula is C18H22N2O3S. The van der Waals surface area contributed by atoms with Crippen molar-refractivity contribution in [2.45, 2.75) is 32.6 Å². The molecule has 2 N–H and O–H groups in total. The summed E-state index contributed by atoms with van der Waals surface area (Å²) in [7, 11) is -3.78. The normalized spacial score (nSPS) is 11.2. The molecule has 0 aliphatic carbocycles. The minimum absolute atomic E-state index is 0.104. The summed E-state index contributed by atoms with van der Waals surface area (Å²) in [6, 6.07) is 10.3. The molecule has 0 aromatic heterocycles. The summed E-state index contributed by atoms with van der Waals surface area (Å²) in [4.78, 5) is 12.1. The summed E-state index contributed by atoms with van der Waals surface area (Å²) in [6.07, 6.45) is 0. The number of hydrogen-bond acceptors (Lipinski definition) is 3. The number of hydrogen-bond donors (Lipinski definition) is 2. The lowest BCUT2D eigenvalue weighted by atomic mass is 10.1. The summed E-state index contributed by atoms with van der Waals surface area (Å²) < 4.78 is 28.2. The second-order valence-corrected chi connectivity index (χ2v) is 7.41. The fourth-order valence-corrected chi connectivity index (χ4v) is 3.73. The lowest BCUT2D eigenvalue weighted by Crippen LogP contribution is -2.23. The Morgan fingerprint density at radius 1 is 1.00 bits per heavy atom. The molecule has 0 radical (unpaired) electrons. The number of anilines is 1. The number of carbonyl (C=O) groups excluding carboxylic acids is 1. The average molecular weight is 346 g/mol. The van der Waals surface area contributed by atoms with Gasteiger partial charge in [-0.05, 0) is 62.6 Å². The van der Waals surface area contributed by atoms with Crippen LogP contribution in [-0.4, -0.2) is 20.9 Å². The highest BCUT2D eigenvalue weighted by molar-refractivity contribution is 7.92. The third-order valence-corrected chi connectivity index (χ3v) is 5.22. The van der Waals surface area contributed by atoms with Gasteiger partial charge in [0.2, 0.25) is 0 Å². The van der Waals surface area contributed by atoms with Gasteiger partial charge < -0.3 is 5.32 Å². The van der Waals surface area contributed by atoms with Crippen molar-refractivity contribution in [1.82, 2.24) is 5.32 Å². The van der Waals surface area contributed by atoms with Crippen molar-refractivity contribution in [1.29, 1.82) is 0 Å². The van der Waals surface area contributed by atoms with Gasteiger partial charge in [0.1, 0.15) is 0 Å². The Labute approximate surface area is 143 Å². The van der Waals surface area contributed by atoms with E-state index in [-0.39, 0.29) is 10.8 Å². The van der Waals surface area contributed by atoms with Crippen molar-refractivity contribution in [3.05, 3.63) is 58.7 Å². The molecule has 0 atom stereocenters. The zero-order chi connectivity index (χ0) is 17.9. The standard InChI is InChI=1S/C18H22N2O3S/c1-5-19-18(21)15-9-8-14(4)17(11-15)24(22,23)20-16-10-12(2)6-7-13(16)3/h6-11,20H,5H2,1-4H3,(H,19,21). The monoisotopic (exact) mass is 346 g/mol. The van der Waals surface area contributed by atoms with Crippen LogP contribution in [0.5, 0.6) is 0 Å². The lowest BCUT2D eigenvalue weighted by molar-refractivity contribution is 0.0955. The molecule has 24 heavy (non-hydrogen) atoms. The van der Waals surface area contributed by atoms with E-state index in [1.807, 2.05) is 32.9 Å². The van der Waals surface area contributed by atoms with Crippen LogP contribution in [0.2, 0.25) is 0 Å². The number of sulfonamides is 1. The SMILES string of the molecule is CCNC(=O)c1ccc(C)c(S(=O)(=O)Nc2cc(C)ccc2C)c1. The number of benzene rings is 2. The van der Waals surface area contributed by atoms with E-state index < -0.39 is 10.0 Å². The minimum Gasteiger partial charge on any atom is -0.352 e. The molecule has 0 heterocycles. The second-order valence-electron chi connectivity index (χ2n) is 5.76. The maximum Gasteiger partial charge on any atom is 0.262 e. The maximum absolute atomic E-state index is 12.8. The van der Waals surface area contributed by atoms with Crippen LogP contribution in [0.3, 0.4) is 0 Å². The molecule has 0 fully saturated rings. The van der Waals surface area contributed by atoms with Crippen LogP contribution in [0.25, 0.3) is 0 Å². The summed E-state index contributed by atoms with van der Waals surface area (Å²) in [5.41, 5.74) is 3.25. The maximum atomic E-state index is 12.8. The largest absolute Gasteiger partial charge is 0.352 e. The fourth-order valence-electron chi connectivity index (χ4n) is 2.34. The van der Waals surface area contributed by atoms with Gasteiger partial charge in [-0.1, -0.05) is 18.2 Å². The molecule has 0 saturated heterocycles. The van der Waals surface area contributed by atoms with Crippen molar-refractivity contribution in [3.8, 4) is 0 Å².